The predicted octanol–water partition coefficient (Wildman–Crippen LogP) is 3.74. The number of tetrazole rings is 1. The molecule has 1 N–H and O–H groups in total. The molecular weight excluding hydrogens is 432 g/mol. The van der Waals surface area contributed by atoms with Crippen molar-refractivity contribution in [1.29, 1.82) is 0 Å². The van der Waals surface area contributed by atoms with Gasteiger partial charge in [-0.2, -0.15) is 0 Å². The van der Waals surface area contributed by atoms with Crippen LogP contribution < -0.4 is 15.0 Å². The summed E-state index contributed by atoms with van der Waals surface area (Å²) in [7, 11) is 0. The summed E-state index contributed by atoms with van der Waals surface area (Å²) in [6, 6.07) is 6.66. The lowest BCUT2D eigenvalue weighted by atomic mass is 9.93. The molecule has 3 aromatic rings. The third-order valence-electron chi connectivity index (χ3n) is 7.62. The van der Waals surface area contributed by atoms with Gasteiger partial charge in [0.2, 0.25) is 0 Å². The molecule has 9 heteroatoms. The molecule has 180 valence electrons. The number of hydrogen-bond donors (Lipinski definition) is 1. The van der Waals surface area contributed by atoms with Gasteiger partial charge in [0.15, 0.2) is 17.3 Å². The van der Waals surface area contributed by atoms with Gasteiger partial charge >= 0.3 is 0 Å². The molecule has 0 radical (unpaired) electrons. The van der Waals surface area contributed by atoms with Crippen LogP contribution in [0, 0.1) is 0 Å². The highest BCUT2D eigenvalue weighted by molar-refractivity contribution is 5.83. The monoisotopic (exact) mass is 464 g/mol. The molecule has 1 aliphatic heterocycles. The quantitative estimate of drug-likeness (QED) is 0.593. The lowest BCUT2D eigenvalue weighted by molar-refractivity contribution is 0.132. The Hall–Kier alpha value is -2.94. The van der Waals surface area contributed by atoms with E-state index < -0.39 is 0 Å². The van der Waals surface area contributed by atoms with Gasteiger partial charge in [-0.15, -0.1) is 5.10 Å². The number of nitrogens with zero attached hydrogens (tertiary/aromatic N) is 5. The number of aromatic amines is 1. The molecule has 34 heavy (non-hydrogen) atoms. The molecule has 0 unspecified atom stereocenters. The molecule has 2 aliphatic carbocycles. The fourth-order valence-corrected chi connectivity index (χ4v) is 5.82. The summed E-state index contributed by atoms with van der Waals surface area (Å²) in [6.45, 7) is 2.30. The first-order valence-corrected chi connectivity index (χ1v) is 12.7. The Morgan fingerprint density at radius 1 is 0.941 bits per heavy atom. The van der Waals surface area contributed by atoms with Crippen molar-refractivity contribution in [3.63, 3.8) is 0 Å². The van der Waals surface area contributed by atoms with E-state index in [0.29, 0.717) is 44.1 Å². The third kappa shape index (κ3) is 4.29. The third-order valence-corrected chi connectivity index (χ3v) is 7.62. The zero-order valence-corrected chi connectivity index (χ0v) is 19.5. The van der Waals surface area contributed by atoms with Crippen molar-refractivity contribution in [2.75, 3.05) is 13.2 Å². The molecule has 1 aromatic carbocycles. The van der Waals surface area contributed by atoms with Crippen LogP contribution in [0.3, 0.4) is 0 Å². The van der Waals surface area contributed by atoms with Crippen LogP contribution in [0.4, 0.5) is 0 Å². The topological polar surface area (TPSA) is 98.2 Å². The fraction of sp³-hybridized carbons (Fsp3) is 0.600. The van der Waals surface area contributed by atoms with Crippen LogP contribution in [0.5, 0.6) is 11.5 Å². The van der Waals surface area contributed by atoms with Crippen LogP contribution in [0.2, 0.25) is 0 Å². The number of H-pyrrole nitrogens is 1. The minimum absolute atomic E-state index is 0.0552. The van der Waals surface area contributed by atoms with Crippen LogP contribution in [-0.4, -0.2) is 49.3 Å². The highest BCUT2D eigenvalue weighted by atomic mass is 16.6. The Labute approximate surface area is 198 Å². The van der Waals surface area contributed by atoms with Gasteiger partial charge in [0.05, 0.1) is 18.1 Å². The van der Waals surface area contributed by atoms with Gasteiger partial charge < -0.3 is 14.5 Å². The molecule has 2 fully saturated rings. The zero-order chi connectivity index (χ0) is 22.9. The van der Waals surface area contributed by atoms with Crippen molar-refractivity contribution >= 4 is 10.9 Å². The molecule has 0 atom stereocenters. The Bertz CT molecular complexity index is 1210. The van der Waals surface area contributed by atoms with Crippen molar-refractivity contribution < 1.29 is 9.47 Å². The molecule has 0 spiro atoms. The summed E-state index contributed by atoms with van der Waals surface area (Å²) in [6.07, 6.45) is 10.8. The van der Waals surface area contributed by atoms with Crippen LogP contribution in [-0.2, 0) is 13.1 Å². The predicted molar refractivity (Wildman–Crippen MR) is 127 cm³/mol. The molecule has 3 aliphatic rings. The van der Waals surface area contributed by atoms with Gasteiger partial charge in [-0.25, -0.2) is 4.68 Å². The van der Waals surface area contributed by atoms with Crippen molar-refractivity contribution in [2.45, 2.75) is 83.0 Å². The van der Waals surface area contributed by atoms with Crippen LogP contribution in [0.1, 0.15) is 75.2 Å². The molecule has 9 nitrogen and oxygen atoms in total. The first-order valence-electron chi connectivity index (χ1n) is 12.7. The number of pyridine rings is 1. The highest BCUT2D eigenvalue weighted by Crippen LogP contribution is 2.34. The molecule has 0 bridgehead atoms. The Morgan fingerprint density at radius 3 is 2.47 bits per heavy atom. The molecule has 2 aromatic heterocycles. The second-order valence-electron chi connectivity index (χ2n) is 9.88. The highest BCUT2D eigenvalue weighted by Gasteiger charge is 2.27. The van der Waals surface area contributed by atoms with Crippen molar-refractivity contribution in [1.82, 2.24) is 30.1 Å². The van der Waals surface area contributed by atoms with E-state index >= 15 is 0 Å². The van der Waals surface area contributed by atoms with E-state index in [0.717, 1.165) is 53.7 Å². The summed E-state index contributed by atoms with van der Waals surface area (Å²) < 4.78 is 13.5. The molecule has 6 rings (SSSR count). The number of hydrogen-bond acceptors (Lipinski definition) is 7. The lowest BCUT2D eigenvalue weighted by Gasteiger charge is -2.34. The number of ether oxygens (including phenoxy) is 2. The Balaban J connectivity index is 1.31. The first kappa shape index (κ1) is 21.6. The van der Waals surface area contributed by atoms with Gasteiger partial charge in [0.1, 0.15) is 13.2 Å². The number of benzene rings is 1. The first-order chi connectivity index (χ1) is 16.7. The van der Waals surface area contributed by atoms with E-state index in [1.807, 2.05) is 22.9 Å². The van der Waals surface area contributed by atoms with Gasteiger partial charge in [-0.3, -0.25) is 9.69 Å². The second kappa shape index (κ2) is 9.37. The second-order valence-corrected chi connectivity index (χ2v) is 9.88. The maximum absolute atomic E-state index is 13.1. The Morgan fingerprint density at radius 2 is 1.68 bits per heavy atom. The summed E-state index contributed by atoms with van der Waals surface area (Å²) in [5.74, 6) is 2.33. The van der Waals surface area contributed by atoms with E-state index in [1.54, 1.807) is 0 Å². The summed E-state index contributed by atoms with van der Waals surface area (Å²) in [5, 5.41) is 13.7. The van der Waals surface area contributed by atoms with E-state index in [-0.39, 0.29) is 5.56 Å². The number of rotatable bonds is 6. The molecule has 0 saturated heterocycles. The normalized spacial score (nSPS) is 19.3. The van der Waals surface area contributed by atoms with Gasteiger partial charge in [0, 0.05) is 29.6 Å². The molecule has 3 heterocycles. The fourth-order valence-electron chi connectivity index (χ4n) is 5.82. The van der Waals surface area contributed by atoms with Crippen molar-refractivity contribution in [3.8, 4) is 11.5 Å². The summed E-state index contributed by atoms with van der Waals surface area (Å²) in [4.78, 5) is 18.6. The van der Waals surface area contributed by atoms with E-state index in [9.17, 15) is 4.79 Å². The maximum Gasteiger partial charge on any atom is 0.252 e. The molecular formula is C25H32N6O3. The number of fused-ring (bicyclic) bond motifs is 2. The summed E-state index contributed by atoms with van der Waals surface area (Å²) >= 11 is 0. The maximum atomic E-state index is 13.1. The van der Waals surface area contributed by atoms with Crippen LogP contribution in [0.15, 0.2) is 23.0 Å². The lowest BCUT2D eigenvalue weighted by Crippen LogP contribution is -2.38. The van der Waals surface area contributed by atoms with Crippen LogP contribution >= 0.6 is 0 Å². The van der Waals surface area contributed by atoms with Crippen molar-refractivity contribution in [2.24, 2.45) is 0 Å². The standard InChI is InChI=1S/C25H32N6O3/c32-25-18(12-17-13-22-23(14-21(17)26-25)34-11-10-33-22)15-30(19-6-2-1-3-7-19)16-24-27-28-29-31(24)20-8-4-5-9-20/h12-14,19-20H,1-11,15-16H2,(H,26,32). The average molecular weight is 465 g/mol. The van der Waals surface area contributed by atoms with E-state index in [2.05, 4.69) is 25.4 Å². The molecule has 0 amide bonds. The Kier molecular flexibility index (Phi) is 5.95. The molecule has 2 saturated carbocycles. The van der Waals surface area contributed by atoms with E-state index in [4.69, 9.17) is 9.47 Å². The summed E-state index contributed by atoms with van der Waals surface area (Å²) in [5.41, 5.74) is 1.47. The number of aromatic nitrogens is 5. The SMILES string of the molecule is O=c1[nH]c2cc3c(cc2cc1CN(Cc1nnnn1C1CCCC1)C1CCCCC1)OCCO3. The largest absolute Gasteiger partial charge is 0.486 e. The smallest absolute Gasteiger partial charge is 0.252 e. The minimum Gasteiger partial charge on any atom is -0.486 e. The van der Waals surface area contributed by atoms with Crippen LogP contribution in [0.25, 0.3) is 10.9 Å². The van der Waals surface area contributed by atoms with Gasteiger partial charge in [0.25, 0.3) is 5.56 Å². The minimum atomic E-state index is -0.0552. The average Bonchev–Trinajstić information content (AvgIpc) is 3.55. The number of nitrogens with one attached hydrogen (secondary N) is 1. The van der Waals surface area contributed by atoms with Gasteiger partial charge in [-0.1, -0.05) is 32.1 Å². The van der Waals surface area contributed by atoms with Crippen molar-refractivity contribution in [3.05, 3.63) is 39.9 Å². The van der Waals surface area contributed by atoms with E-state index in [1.165, 1.54) is 32.1 Å². The van der Waals surface area contributed by atoms with Gasteiger partial charge in [-0.05, 0) is 48.2 Å². The zero-order valence-electron chi connectivity index (χ0n) is 19.5.